The Hall–Kier alpha value is -0.820. The number of aliphatic hydroxyl groups is 1. The molecule has 1 amide bonds. The van der Waals surface area contributed by atoms with Crippen LogP contribution in [-0.4, -0.2) is 54.9 Å². The number of rotatable bonds is 3. The summed E-state index contributed by atoms with van der Waals surface area (Å²) in [6.07, 6.45) is -4.32. The van der Waals surface area contributed by atoms with Gasteiger partial charge in [-0.1, -0.05) is 0 Å². The zero-order valence-corrected chi connectivity index (χ0v) is 9.63. The van der Waals surface area contributed by atoms with Crippen LogP contribution in [-0.2, 0) is 4.79 Å². The van der Waals surface area contributed by atoms with Crippen LogP contribution >= 0.6 is 0 Å². The lowest BCUT2D eigenvalue weighted by molar-refractivity contribution is -0.174. The fraction of sp³-hybridized carbons (Fsp3) is 0.900. The molecule has 1 rings (SSSR count). The minimum Gasteiger partial charge on any atom is -0.391 e. The minimum absolute atomic E-state index is 0.0419. The topological polar surface area (TPSA) is 52.6 Å². The zero-order chi connectivity index (χ0) is 13.1. The number of nitrogens with one attached hydrogen (secondary N) is 1. The summed E-state index contributed by atoms with van der Waals surface area (Å²) in [7, 11) is 1.95. The lowest BCUT2D eigenvalue weighted by atomic mass is 9.91. The van der Waals surface area contributed by atoms with Crippen LogP contribution in [0.1, 0.15) is 12.8 Å². The highest BCUT2D eigenvalue weighted by atomic mass is 19.4. The van der Waals surface area contributed by atoms with E-state index in [1.54, 1.807) is 5.32 Å². The van der Waals surface area contributed by atoms with Crippen molar-refractivity contribution in [3.05, 3.63) is 0 Å². The van der Waals surface area contributed by atoms with E-state index in [-0.39, 0.29) is 12.5 Å². The summed E-state index contributed by atoms with van der Waals surface area (Å²) in [6, 6.07) is 0. The van der Waals surface area contributed by atoms with E-state index in [9.17, 15) is 23.1 Å². The summed E-state index contributed by atoms with van der Waals surface area (Å²) >= 11 is 0. The third-order valence-electron chi connectivity index (χ3n) is 3.04. The maximum absolute atomic E-state index is 11.9. The van der Waals surface area contributed by atoms with Gasteiger partial charge < -0.3 is 15.3 Å². The highest BCUT2D eigenvalue weighted by Gasteiger charge is 2.39. The molecule has 0 aromatic heterocycles. The molecule has 1 saturated heterocycles. The molecular formula is C10H17F3N2O2. The lowest BCUT2D eigenvalue weighted by Crippen LogP contribution is -2.44. The van der Waals surface area contributed by atoms with Crippen LogP contribution < -0.4 is 5.32 Å². The van der Waals surface area contributed by atoms with Gasteiger partial charge in [-0.2, -0.15) is 13.2 Å². The van der Waals surface area contributed by atoms with Crippen molar-refractivity contribution in [2.24, 2.45) is 5.92 Å². The predicted molar refractivity (Wildman–Crippen MR) is 55.3 cm³/mol. The van der Waals surface area contributed by atoms with Crippen LogP contribution in [0.3, 0.4) is 0 Å². The second kappa shape index (κ2) is 5.68. The molecule has 1 aliphatic heterocycles. The van der Waals surface area contributed by atoms with Crippen molar-refractivity contribution in [3.8, 4) is 0 Å². The number of hydrogen-bond donors (Lipinski definition) is 2. The SMILES string of the molecule is CN1CCC(C(O)CNC(=O)C(F)(F)F)CC1. The Morgan fingerprint density at radius 2 is 2.00 bits per heavy atom. The lowest BCUT2D eigenvalue weighted by Gasteiger charge is -2.31. The van der Waals surface area contributed by atoms with Gasteiger partial charge in [0.05, 0.1) is 6.10 Å². The minimum atomic E-state index is -4.88. The molecule has 100 valence electrons. The third kappa shape index (κ3) is 4.51. The molecular weight excluding hydrogens is 237 g/mol. The van der Waals surface area contributed by atoms with Crippen LogP contribution in [0.15, 0.2) is 0 Å². The summed E-state index contributed by atoms with van der Waals surface area (Å²) in [5.41, 5.74) is 0. The Morgan fingerprint density at radius 3 is 2.47 bits per heavy atom. The summed E-state index contributed by atoms with van der Waals surface area (Å²) in [5.74, 6) is -2.04. The molecule has 7 heteroatoms. The van der Waals surface area contributed by atoms with Crippen molar-refractivity contribution in [1.82, 2.24) is 10.2 Å². The van der Waals surface area contributed by atoms with Gasteiger partial charge in [-0.15, -0.1) is 0 Å². The molecule has 17 heavy (non-hydrogen) atoms. The summed E-state index contributed by atoms with van der Waals surface area (Å²) in [4.78, 5) is 12.6. The smallest absolute Gasteiger partial charge is 0.391 e. The number of alkyl halides is 3. The van der Waals surface area contributed by atoms with E-state index in [1.807, 2.05) is 7.05 Å². The fourth-order valence-corrected chi connectivity index (χ4v) is 1.88. The molecule has 2 N–H and O–H groups in total. The van der Waals surface area contributed by atoms with Crippen LogP contribution in [0.5, 0.6) is 0 Å². The van der Waals surface area contributed by atoms with E-state index in [0.717, 1.165) is 25.9 Å². The van der Waals surface area contributed by atoms with Crippen molar-refractivity contribution in [3.63, 3.8) is 0 Å². The standard InChI is InChI=1S/C10H17F3N2O2/c1-15-4-2-7(3-5-15)8(16)6-14-9(17)10(11,12)13/h7-8,16H,2-6H2,1H3,(H,14,17). The van der Waals surface area contributed by atoms with E-state index >= 15 is 0 Å². The first kappa shape index (κ1) is 14.2. The molecule has 1 heterocycles. The van der Waals surface area contributed by atoms with Gasteiger partial charge in [-0.05, 0) is 38.9 Å². The fourth-order valence-electron chi connectivity index (χ4n) is 1.88. The number of halogens is 3. The van der Waals surface area contributed by atoms with Gasteiger partial charge in [-0.25, -0.2) is 0 Å². The number of likely N-dealkylation sites (tertiary alicyclic amines) is 1. The van der Waals surface area contributed by atoms with E-state index in [1.165, 1.54) is 0 Å². The van der Waals surface area contributed by atoms with Gasteiger partial charge in [0.1, 0.15) is 0 Å². The van der Waals surface area contributed by atoms with Crippen molar-refractivity contribution in [2.75, 3.05) is 26.7 Å². The molecule has 1 atom stereocenters. The average Bonchev–Trinajstić information content (AvgIpc) is 2.25. The predicted octanol–water partition coefficient (Wildman–Crippen LogP) is 0.368. The Labute approximate surface area is 97.8 Å². The quantitative estimate of drug-likeness (QED) is 0.765. The van der Waals surface area contributed by atoms with Gasteiger partial charge in [0.25, 0.3) is 0 Å². The zero-order valence-electron chi connectivity index (χ0n) is 9.63. The Kier molecular flexibility index (Phi) is 4.76. The number of hydrogen-bond acceptors (Lipinski definition) is 3. The maximum atomic E-state index is 11.9. The molecule has 1 aliphatic rings. The summed E-state index contributed by atoms with van der Waals surface area (Å²) < 4.78 is 35.7. The van der Waals surface area contributed by atoms with E-state index in [0.29, 0.717) is 0 Å². The van der Waals surface area contributed by atoms with Crippen molar-refractivity contribution in [2.45, 2.75) is 25.1 Å². The highest BCUT2D eigenvalue weighted by molar-refractivity contribution is 5.81. The number of amides is 1. The molecule has 4 nitrogen and oxygen atoms in total. The number of carbonyl (C=O) groups is 1. The summed E-state index contributed by atoms with van der Waals surface area (Å²) in [5, 5.41) is 11.4. The number of carbonyl (C=O) groups excluding carboxylic acids is 1. The number of nitrogens with zero attached hydrogens (tertiary/aromatic N) is 1. The molecule has 1 unspecified atom stereocenters. The molecule has 0 saturated carbocycles. The first-order valence-corrected chi connectivity index (χ1v) is 5.52. The normalized spacial score (nSPS) is 21.2. The Balaban J connectivity index is 2.30. The molecule has 0 aromatic carbocycles. The Bertz CT molecular complexity index is 263. The first-order chi connectivity index (χ1) is 7.80. The van der Waals surface area contributed by atoms with E-state index < -0.39 is 18.2 Å². The molecule has 0 aliphatic carbocycles. The van der Waals surface area contributed by atoms with Crippen LogP contribution in [0, 0.1) is 5.92 Å². The second-order valence-electron chi connectivity index (χ2n) is 4.42. The van der Waals surface area contributed by atoms with Crippen LogP contribution in [0.2, 0.25) is 0 Å². The van der Waals surface area contributed by atoms with Gasteiger partial charge >= 0.3 is 12.1 Å². The highest BCUT2D eigenvalue weighted by Crippen LogP contribution is 2.20. The average molecular weight is 254 g/mol. The molecule has 0 radical (unpaired) electrons. The van der Waals surface area contributed by atoms with E-state index in [4.69, 9.17) is 0 Å². The summed E-state index contributed by atoms with van der Waals surface area (Å²) in [6.45, 7) is 1.29. The monoisotopic (exact) mass is 254 g/mol. The van der Waals surface area contributed by atoms with Gasteiger partial charge in [0, 0.05) is 6.54 Å². The molecule has 0 spiro atoms. The van der Waals surface area contributed by atoms with Gasteiger partial charge in [0.2, 0.25) is 0 Å². The molecule has 0 bridgehead atoms. The van der Waals surface area contributed by atoms with Crippen molar-refractivity contribution >= 4 is 5.91 Å². The van der Waals surface area contributed by atoms with Crippen molar-refractivity contribution < 1.29 is 23.1 Å². The van der Waals surface area contributed by atoms with Crippen molar-refractivity contribution in [1.29, 1.82) is 0 Å². The molecule has 1 fully saturated rings. The largest absolute Gasteiger partial charge is 0.471 e. The molecule has 0 aromatic rings. The van der Waals surface area contributed by atoms with Gasteiger partial charge in [0.15, 0.2) is 0 Å². The van der Waals surface area contributed by atoms with Crippen LogP contribution in [0.4, 0.5) is 13.2 Å². The number of aliphatic hydroxyl groups excluding tert-OH is 1. The first-order valence-electron chi connectivity index (χ1n) is 5.52. The second-order valence-corrected chi connectivity index (χ2v) is 4.42. The third-order valence-corrected chi connectivity index (χ3v) is 3.04. The Morgan fingerprint density at radius 1 is 1.47 bits per heavy atom. The van der Waals surface area contributed by atoms with Gasteiger partial charge in [-0.3, -0.25) is 4.79 Å². The maximum Gasteiger partial charge on any atom is 0.471 e. The van der Waals surface area contributed by atoms with Crippen LogP contribution in [0.25, 0.3) is 0 Å². The number of piperidine rings is 1. The van der Waals surface area contributed by atoms with E-state index in [2.05, 4.69) is 4.90 Å².